The number of sulfonamides is 1. The van der Waals surface area contributed by atoms with E-state index in [1.807, 2.05) is 6.92 Å². The van der Waals surface area contributed by atoms with Crippen molar-refractivity contribution >= 4 is 45.1 Å². The quantitative estimate of drug-likeness (QED) is 0.282. The highest BCUT2D eigenvalue weighted by Gasteiger charge is 2.28. The molecular formula is C23H21ClN4O5S. The zero-order valence-electron chi connectivity index (χ0n) is 18.3. The number of anilines is 1. The van der Waals surface area contributed by atoms with E-state index < -0.39 is 27.4 Å². The zero-order valence-corrected chi connectivity index (χ0v) is 19.9. The fourth-order valence-corrected chi connectivity index (χ4v) is 4.85. The molecule has 0 aromatic heterocycles. The fourth-order valence-electron chi connectivity index (χ4n) is 3.14. The number of nitro groups is 1. The molecule has 0 aliphatic rings. The van der Waals surface area contributed by atoms with Crippen LogP contribution in [0.15, 0.2) is 76.7 Å². The van der Waals surface area contributed by atoms with Gasteiger partial charge in [0.05, 0.1) is 27.3 Å². The number of hydrogen-bond acceptors (Lipinski definition) is 6. The largest absolute Gasteiger partial charge is 0.278 e. The van der Waals surface area contributed by atoms with Crippen LogP contribution in [-0.4, -0.2) is 32.0 Å². The number of nitro benzene ring substituents is 1. The second kappa shape index (κ2) is 10.4. The first-order valence-electron chi connectivity index (χ1n) is 10.0. The molecule has 0 aliphatic carbocycles. The molecule has 0 aliphatic heterocycles. The summed E-state index contributed by atoms with van der Waals surface area (Å²) >= 11 is 6.02. The SMILES string of the molecule is Cc1ccc(S(=O)(=O)N(CC(=O)N/N=C/c2ccccc2[N+](=O)[O-])c2ccc(Cl)cc2C)cc1. The minimum atomic E-state index is -4.11. The second-order valence-electron chi connectivity index (χ2n) is 7.36. The lowest BCUT2D eigenvalue weighted by Gasteiger charge is -2.25. The van der Waals surface area contributed by atoms with Gasteiger partial charge in [-0.05, 0) is 55.8 Å². The number of carbonyl (C=O) groups excluding carboxylic acids is 1. The van der Waals surface area contributed by atoms with Crippen LogP contribution >= 0.6 is 11.6 Å². The van der Waals surface area contributed by atoms with Crippen LogP contribution in [0, 0.1) is 24.0 Å². The van der Waals surface area contributed by atoms with E-state index in [9.17, 15) is 23.3 Å². The number of rotatable bonds is 8. The van der Waals surface area contributed by atoms with Crippen molar-refractivity contribution in [3.8, 4) is 0 Å². The summed E-state index contributed by atoms with van der Waals surface area (Å²) in [6.45, 7) is 2.94. The van der Waals surface area contributed by atoms with Gasteiger partial charge in [0.25, 0.3) is 21.6 Å². The van der Waals surface area contributed by atoms with Gasteiger partial charge in [-0.3, -0.25) is 19.2 Å². The van der Waals surface area contributed by atoms with Crippen molar-refractivity contribution in [2.75, 3.05) is 10.8 Å². The molecule has 0 saturated heterocycles. The Labute approximate surface area is 201 Å². The number of carbonyl (C=O) groups is 1. The van der Waals surface area contributed by atoms with Gasteiger partial charge in [0.2, 0.25) is 0 Å². The molecule has 176 valence electrons. The summed E-state index contributed by atoms with van der Waals surface area (Å²) in [5.74, 6) is -0.736. The maximum absolute atomic E-state index is 13.4. The minimum Gasteiger partial charge on any atom is -0.271 e. The third-order valence-corrected chi connectivity index (χ3v) is 6.86. The summed E-state index contributed by atoms with van der Waals surface area (Å²) in [4.78, 5) is 23.2. The molecule has 0 spiro atoms. The molecule has 34 heavy (non-hydrogen) atoms. The van der Waals surface area contributed by atoms with Gasteiger partial charge >= 0.3 is 0 Å². The van der Waals surface area contributed by atoms with Gasteiger partial charge in [0.1, 0.15) is 6.54 Å². The van der Waals surface area contributed by atoms with E-state index >= 15 is 0 Å². The van der Waals surface area contributed by atoms with E-state index in [0.717, 1.165) is 16.1 Å². The Balaban J connectivity index is 1.89. The Morgan fingerprint density at radius 3 is 2.44 bits per heavy atom. The summed E-state index contributed by atoms with van der Waals surface area (Å²) < 4.78 is 27.8. The first kappa shape index (κ1) is 24.9. The Morgan fingerprint density at radius 1 is 1.12 bits per heavy atom. The van der Waals surface area contributed by atoms with E-state index in [1.54, 1.807) is 31.2 Å². The van der Waals surface area contributed by atoms with Crippen molar-refractivity contribution in [1.29, 1.82) is 0 Å². The Bertz CT molecular complexity index is 1360. The van der Waals surface area contributed by atoms with Crippen LogP contribution in [0.5, 0.6) is 0 Å². The van der Waals surface area contributed by atoms with Gasteiger partial charge < -0.3 is 0 Å². The normalized spacial score (nSPS) is 11.4. The number of hydrogen-bond donors (Lipinski definition) is 1. The highest BCUT2D eigenvalue weighted by molar-refractivity contribution is 7.92. The first-order chi connectivity index (χ1) is 16.1. The molecule has 3 aromatic rings. The highest BCUT2D eigenvalue weighted by Crippen LogP contribution is 2.29. The number of para-hydroxylation sites is 1. The predicted octanol–water partition coefficient (Wildman–Crippen LogP) is 4.21. The van der Waals surface area contributed by atoms with E-state index in [-0.39, 0.29) is 21.8 Å². The van der Waals surface area contributed by atoms with Crippen LogP contribution in [0.3, 0.4) is 0 Å². The van der Waals surface area contributed by atoms with E-state index in [4.69, 9.17) is 11.6 Å². The molecular weight excluding hydrogens is 480 g/mol. The third kappa shape index (κ3) is 5.77. The molecule has 0 atom stereocenters. The van der Waals surface area contributed by atoms with Gasteiger partial charge in [-0.1, -0.05) is 41.4 Å². The van der Waals surface area contributed by atoms with Crippen molar-refractivity contribution < 1.29 is 18.1 Å². The molecule has 0 radical (unpaired) electrons. The summed E-state index contributed by atoms with van der Waals surface area (Å²) in [5.41, 5.74) is 3.96. The maximum atomic E-state index is 13.4. The van der Waals surface area contributed by atoms with Gasteiger partial charge in [-0.15, -0.1) is 0 Å². The van der Waals surface area contributed by atoms with Gasteiger partial charge in [0, 0.05) is 11.1 Å². The lowest BCUT2D eigenvalue weighted by atomic mass is 10.2. The highest BCUT2D eigenvalue weighted by atomic mass is 35.5. The molecule has 0 fully saturated rings. The van der Waals surface area contributed by atoms with Crippen molar-refractivity contribution in [3.63, 3.8) is 0 Å². The van der Waals surface area contributed by atoms with Gasteiger partial charge in [0.15, 0.2) is 0 Å². The van der Waals surface area contributed by atoms with E-state index in [0.29, 0.717) is 10.6 Å². The van der Waals surface area contributed by atoms with Crippen molar-refractivity contribution in [3.05, 3.63) is 98.6 Å². The number of hydrazone groups is 1. The van der Waals surface area contributed by atoms with Crippen molar-refractivity contribution in [1.82, 2.24) is 5.43 Å². The van der Waals surface area contributed by atoms with Crippen LogP contribution in [-0.2, 0) is 14.8 Å². The number of halogens is 1. The van der Waals surface area contributed by atoms with E-state index in [2.05, 4.69) is 10.5 Å². The number of nitrogens with one attached hydrogen (secondary N) is 1. The molecule has 1 N–H and O–H groups in total. The smallest absolute Gasteiger partial charge is 0.271 e. The third-order valence-electron chi connectivity index (χ3n) is 4.85. The molecule has 3 rings (SSSR count). The average molecular weight is 501 g/mol. The van der Waals surface area contributed by atoms with Crippen LogP contribution in [0.2, 0.25) is 5.02 Å². The summed E-state index contributed by atoms with van der Waals surface area (Å²) in [5, 5.41) is 15.3. The first-order valence-corrected chi connectivity index (χ1v) is 11.8. The van der Waals surface area contributed by atoms with Gasteiger partial charge in [-0.2, -0.15) is 5.10 Å². The van der Waals surface area contributed by atoms with Crippen LogP contribution in [0.1, 0.15) is 16.7 Å². The van der Waals surface area contributed by atoms with Gasteiger partial charge in [-0.25, -0.2) is 13.8 Å². The Kier molecular flexibility index (Phi) is 7.64. The predicted molar refractivity (Wildman–Crippen MR) is 131 cm³/mol. The Hall–Kier alpha value is -3.76. The maximum Gasteiger partial charge on any atom is 0.278 e. The standard InChI is InChI=1S/C23H21ClN4O5S/c1-16-7-10-20(11-8-16)34(32,33)27(21-12-9-19(24)13-17(21)2)15-23(29)26-25-14-18-5-3-4-6-22(18)28(30)31/h3-14H,15H2,1-2H3,(H,26,29)/b25-14+. The molecule has 1 amide bonds. The molecule has 0 bridgehead atoms. The fraction of sp³-hybridized carbons (Fsp3) is 0.130. The summed E-state index contributed by atoms with van der Waals surface area (Å²) in [6, 6.07) is 16.8. The molecule has 9 nitrogen and oxygen atoms in total. The number of nitrogens with zero attached hydrogens (tertiary/aromatic N) is 3. The molecule has 0 unspecified atom stereocenters. The zero-order chi connectivity index (χ0) is 24.9. The summed E-state index contributed by atoms with van der Waals surface area (Å²) in [7, 11) is -4.11. The molecule has 0 heterocycles. The lowest BCUT2D eigenvalue weighted by molar-refractivity contribution is -0.385. The number of benzene rings is 3. The topological polar surface area (TPSA) is 122 Å². The molecule has 11 heteroatoms. The van der Waals surface area contributed by atoms with Crippen LogP contribution < -0.4 is 9.73 Å². The van der Waals surface area contributed by atoms with Crippen molar-refractivity contribution in [2.45, 2.75) is 18.7 Å². The lowest BCUT2D eigenvalue weighted by Crippen LogP contribution is -2.40. The molecule has 0 saturated carbocycles. The van der Waals surface area contributed by atoms with Crippen LogP contribution in [0.4, 0.5) is 11.4 Å². The Morgan fingerprint density at radius 2 is 1.79 bits per heavy atom. The minimum absolute atomic E-state index is 0.0173. The summed E-state index contributed by atoms with van der Waals surface area (Å²) in [6.07, 6.45) is 1.13. The number of aryl methyl sites for hydroxylation is 2. The monoisotopic (exact) mass is 500 g/mol. The second-order valence-corrected chi connectivity index (χ2v) is 9.66. The van der Waals surface area contributed by atoms with Crippen molar-refractivity contribution in [2.24, 2.45) is 5.10 Å². The molecule has 3 aromatic carbocycles. The average Bonchev–Trinajstić information content (AvgIpc) is 2.78. The van der Waals surface area contributed by atoms with E-state index in [1.165, 1.54) is 42.5 Å². The van der Waals surface area contributed by atoms with Crippen LogP contribution in [0.25, 0.3) is 0 Å². The number of amides is 1.